The van der Waals surface area contributed by atoms with Gasteiger partial charge in [-0.3, -0.25) is 4.79 Å². The maximum atomic E-state index is 10.5. The van der Waals surface area contributed by atoms with Crippen molar-refractivity contribution in [1.29, 1.82) is 0 Å². The fourth-order valence-electron chi connectivity index (χ4n) is 0.381. The third-order valence-electron chi connectivity index (χ3n) is 0.861. The Bertz CT molecular complexity index is 123. The SMILES string of the molecule is CNC(=O)/C=C/CNOC. The molecule has 0 aromatic carbocycles. The molecular formula is C6H12N2O2. The van der Waals surface area contributed by atoms with Crippen LogP contribution < -0.4 is 10.8 Å². The van der Waals surface area contributed by atoms with E-state index in [0.717, 1.165) is 0 Å². The van der Waals surface area contributed by atoms with E-state index in [1.807, 2.05) is 0 Å². The number of amides is 1. The fourth-order valence-corrected chi connectivity index (χ4v) is 0.381. The third-order valence-corrected chi connectivity index (χ3v) is 0.861. The average molecular weight is 144 g/mol. The van der Waals surface area contributed by atoms with E-state index in [9.17, 15) is 4.79 Å². The van der Waals surface area contributed by atoms with Crippen molar-refractivity contribution in [2.24, 2.45) is 0 Å². The van der Waals surface area contributed by atoms with Gasteiger partial charge < -0.3 is 10.2 Å². The highest BCUT2D eigenvalue weighted by Gasteiger charge is 1.84. The Hall–Kier alpha value is -0.870. The molecule has 2 N–H and O–H groups in total. The minimum Gasteiger partial charge on any atom is -0.356 e. The molecule has 58 valence electrons. The Balaban J connectivity index is 3.27. The quantitative estimate of drug-likeness (QED) is 0.316. The van der Waals surface area contributed by atoms with Gasteiger partial charge in [-0.05, 0) is 0 Å². The Morgan fingerprint density at radius 3 is 2.90 bits per heavy atom. The van der Waals surface area contributed by atoms with E-state index in [-0.39, 0.29) is 5.91 Å². The van der Waals surface area contributed by atoms with Crippen molar-refractivity contribution in [3.63, 3.8) is 0 Å². The lowest BCUT2D eigenvalue weighted by atomic mass is 10.5. The van der Waals surface area contributed by atoms with Crippen molar-refractivity contribution in [2.75, 3.05) is 20.7 Å². The fraction of sp³-hybridized carbons (Fsp3) is 0.500. The van der Waals surface area contributed by atoms with Crippen LogP contribution in [0.15, 0.2) is 12.2 Å². The molecule has 0 heterocycles. The van der Waals surface area contributed by atoms with E-state index >= 15 is 0 Å². The molecule has 0 aliphatic heterocycles. The van der Waals surface area contributed by atoms with E-state index in [1.165, 1.54) is 13.2 Å². The predicted octanol–water partition coefficient (Wildman–Crippen LogP) is -0.560. The van der Waals surface area contributed by atoms with E-state index in [2.05, 4.69) is 15.6 Å². The zero-order valence-corrected chi connectivity index (χ0v) is 6.18. The summed E-state index contributed by atoms with van der Waals surface area (Å²) in [5, 5.41) is 2.45. The van der Waals surface area contributed by atoms with Crippen LogP contribution in [0.2, 0.25) is 0 Å². The number of nitrogens with one attached hydrogen (secondary N) is 2. The number of likely N-dealkylation sites (N-methyl/N-ethyl adjacent to an activating group) is 1. The standard InChI is InChI=1S/C6H12N2O2/c1-7-6(9)4-3-5-8-10-2/h3-4,8H,5H2,1-2H3,(H,7,9)/b4-3+. The molecule has 0 saturated carbocycles. The van der Waals surface area contributed by atoms with Crippen molar-refractivity contribution in [3.05, 3.63) is 12.2 Å². The van der Waals surface area contributed by atoms with Gasteiger partial charge in [-0.25, -0.2) is 0 Å². The summed E-state index contributed by atoms with van der Waals surface area (Å²) < 4.78 is 0. The van der Waals surface area contributed by atoms with Gasteiger partial charge in [0.1, 0.15) is 0 Å². The van der Waals surface area contributed by atoms with Crippen molar-refractivity contribution >= 4 is 5.91 Å². The summed E-state index contributed by atoms with van der Waals surface area (Å²) in [6, 6.07) is 0. The number of hydroxylamine groups is 1. The number of carbonyl (C=O) groups excluding carboxylic acids is 1. The lowest BCUT2D eigenvalue weighted by Gasteiger charge is -1.93. The molecule has 0 aromatic rings. The molecule has 4 nitrogen and oxygen atoms in total. The van der Waals surface area contributed by atoms with Crippen LogP contribution in [0, 0.1) is 0 Å². The summed E-state index contributed by atoms with van der Waals surface area (Å²) in [6.45, 7) is 0.532. The lowest BCUT2D eigenvalue weighted by molar-refractivity contribution is -0.116. The third kappa shape index (κ3) is 5.27. The average Bonchev–Trinajstić information content (AvgIpc) is 1.98. The molecule has 0 fully saturated rings. The van der Waals surface area contributed by atoms with Gasteiger partial charge in [0, 0.05) is 19.7 Å². The molecule has 10 heavy (non-hydrogen) atoms. The summed E-state index contributed by atoms with van der Waals surface area (Å²) in [4.78, 5) is 15.0. The van der Waals surface area contributed by atoms with E-state index in [0.29, 0.717) is 6.54 Å². The molecule has 0 radical (unpaired) electrons. The van der Waals surface area contributed by atoms with Crippen LogP contribution in [0.4, 0.5) is 0 Å². The molecular weight excluding hydrogens is 132 g/mol. The highest BCUT2D eigenvalue weighted by molar-refractivity contribution is 5.87. The zero-order chi connectivity index (χ0) is 7.82. The maximum Gasteiger partial charge on any atom is 0.243 e. The Labute approximate surface area is 60.2 Å². The molecule has 0 aromatic heterocycles. The summed E-state index contributed by atoms with van der Waals surface area (Å²) in [7, 11) is 3.10. The molecule has 0 unspecified atom stereocenters. The maximum absolute atomic E-state index is 10.5. The smallest absolute Gasteiger partial charge is 0.243 e. The summed E-state index contributed by atoms with van der Waals surface area (Å²) in [5.74, 6) is -0.113. The topological polar surface area (TPSA) is 50.4 Å². The molecule has 0 saturated heterocycles. The summed E-state index contributed by atoms with van der Waals surface area (Å²) in [5.41, 5.74) is 2.56. The first-order valence-corrected chi connectivity index (χ1v) is 2.95. The van der Waals surface area contributed by atoms with Crippen LogP contribution >= 0.6 is 0 Å². The van der Waals surface area contributed by atoms with Gasteiger partial charge in [0.25, 0.3) is 0 Å². The second-order valence-corrected chi connectivity index (χ2v) is 1.57. The summed E-state index contributed by atoms with van der Waals surface area (Å²) in [6.07, 6.45) is 3.11. The van der Waals surface area contributed by atoms with Crippen molar-refractivity contribution < 1.29 is 9.63 Å². The van der Waals surface area contributed by atoms with Crippen molar-refractivity contribution in [3.8, 4) is 0 Å². The largest absolute Gasteiger partial charge is 0.356 e. The van der Waals surface area contributed by atoms with E-state index < -0.39 is 0 Å². The normalized spacial score (nSPS) is 10.2. The molecule has 0 rings (SSSR count). The van der Waals surface area contributed by atoms with Gasteiger partial charge >= 0.3 is 0 Å². The van der Waals surface area contributed by atoms with Crippen LogP contribution in [0.5, 0.6) is 0 Å². The second kappa shape index (κ2) is 6.25. The van der Waals surface area contributed by atoms with Crippen LogP contribution in [0.1, 0.15) is 0 Å². The second-order valence-electron chi connectivity index (χ2n) is 1.57. The van der Waals surface area contributed by atoms with Gasteiger partial charge in [0.2, 0.25) is 5.91 Å². The molecule has 0 bridgehead atoms. The minimum atomic E-state index is -0.113. The molecule has 1 amide bonds. The molecule has 0 atom stereocenters. The monoisotopic (exact) mass is 144 g/mol. The van der Waals surface area contributed by atoms with E-state index in [1.54, 1.807) is 13.1 Å². The van der Waals surface area contributed by atoms with Crippen LogP contribution in [0.25, 0.3) is 0 Å². The molecule has 0 aliphatic carbocycles. The Morgan fingerprint density at radius 2 is 2.40 bits per heavy atom. The lowest BCUT2D eigenvalue weighted by Crippen LogP contribution is -2.16. The number of hydrogen-bond donors (Lipinski definition) is 2. The first-order chi connectivity index (χ1) is 4.81. The van der Waals surface area contributed by atoms with E-state index in [4.69, 9.17) is 0 Å². The van der Waals surface area contributed by atoms with Gasteiger partial charge in [0.15, 0.2) is 0 Å². The van der Waals surface area contributed by atoms with Crippen LogP contribution in [-0.2, 0) is 9.63 Å². The van der Waals surface area contributed by atoms with Gasteiger partial charge in [0.05, 0.1) is 7.11 Å². The Morgan fingerprint density at radius 1 is 1.70 bits per heavy atom. The predicted molar refractivity (Wildman–Crippen MR) is 38.2 cm³/mol. The molecule has 0 aliphatic rings. The molecule has 0 spiro atoms. The van der Waals surface area contributed by atoms with Crippen LogP contribution in [-0.4, -0.2) is 26.6 Å². The highest BCUT2D eigenvalue weighted by Crippen LogP contribution is 1.69. The van der Waals surface area contributed by atoms with Crippen LogP contribution in [0.3, 0.4) is 0 Å². The van der Waals surface area contributed by atoms with Gasteiger partial charge in [-0.2, -0.15) is 5.48 Å². The minimum absolute atomic E-state index is 0.113. The van der Waals surface area contributed by atoms with Crippen molar-refractivity contribution in [1.82, 2.24) is 10.8 Å². The van der Waals surface area contributed by atoms with Gasteiger partial charge in [-0.1, -0.05) is 6.08 Å². The van der Waals surface area contributed by atoms with Crippen molar-refractivity contribution in [2.45, 2.75) is 0 Å². The first-order valence-electron chi connectivity index (χ1n) is 2.95. The zero-order valence-electron chi connectivity index (χ0n) is 6.18. The molecule has 4 heteroatoms. The number of carbonyl (C=O) groups is 1. The highest BCUT2D eigenvalue weighted by atomic mass is 16.6. The Kier molecular flexibility index (Phi) is 5.71. The number of rotatable bonds is 4. The first kappa shape index (κ1) is 9.13. The number of hydrogen-bond acceptors (Lipinski definition) is 3. The van der Waals surface area contributed by atoms with Gasteiger partial charge in [-0.15, -0.1) is 0 Å². The summed E-state index contributed by atoms with van der Waals surface area (Å²) >= 11 is 0.